The van der Waals surface area contributed by atoms with Crippen molar-refractivity contribution in [3.8, 4) is 11.8 Å². The molecule has 1 atom stereocenters. The lowest BCUT2D eigenvalue weighted by molar-refractivity contribution is 0.0430. The number of carbonyl (C=O) groups is 1. The molecule has 0 N–H and O–H groups in total. The fourth-order valence-electron chi connectivity index (χ4n) is 2.61. The van der Waals surface area contributed by atoms with Crippen molar-refractivity contribution in [3.05, 3.63) is 59.0 Å². The van der Waals surface area contributed by atoms with Gasteiger partial charge in [-0.3, -0.25) is 0 Å². The van der Waals surface area contributed by atoms with Gasteiger partial charge in [-0.1, -0.05) is 29.4 Å². The van der Waals surface area contributed by atoms with Crippen LogP contribution in [0.15, 0.2) is 40.9 Å². The van der Waals surface area contributed by atoms with Crippen LogP contribution in [0, 0.1) is 25.2 Å². The number of hydrogen-bond donors (Lipinski definition) is 0. The minimum atomic E-state index is -0.843. The smallest absolute Gasteiger partial charge is 0.343 e. The number of ether oxygens (including phenoxy) is 2. The van der Waals surface area contributed by atoms with Gasteiger partial charge in [-0.25, -0.2) is 4.79 Å². The van der Waals surface area contributed by atoms with Gasteiger partial charge in [0.15, 0.2) is 6.10 Å². The van der Waals surface area contributed by atoms with Crippen molar-refractivity contribution >= 4 is 16.7 Å². The first kappa shape index (κ1) is 17.5. The Hall–Kier alpha value is -3.33. The maximum absolute atomic E-state index is 12.5. The highest BCUT2D eigenvalue weighted by Crippen LogP contribution is 2.28. The Labute approximate surface area is 150 Å². The number of benzene rings is 2. The lowest BCUT2D eigenvalue weighted by atomic mass is 10.1. The maximum atomic E-state index is 12.5. The fraction of sp³-hybridized carbons (Fsp3) is 0.250. The van der Waals surface area contributed by atoms with E-state index in [4.69, 9.17) is 19.3 Å². The van der Waals surface area contributed by atoms with E-state index in [2.05, 4.69) is 5.16 Å². The van der Waals surface area contributed by atoms with Gasteiger partial charge in [0.05, 0.1) is 11.3 Å². The molecule has 3 rings (SSSR count). The molecule has 0 aliphatic heterocycles. The molecule has 0 amide bonds. The Morgan fingerprint density at radius 3 is 2.58 bits per heavy atom. The second kappa shape index (κ2) is 7.28. The van der Waals surface area contributed by atoms with Crippen LogP contribution < -0.4 is 4.74 Å². The molecule has 2 aromatic carbocycles. The van der Waals surface area contributed by atoms with E-state index in [1.165, 1.54) is 6.92 Å². The van der Waals surface area contributed by atoms with Crippen LogP contribution in [0.5, 0.6) is 5.75 Å². The van der Waals surface area contributed by atoms with E-state index in [0.29, 0.717) is 11.5 Å². The van der Waals surface area contributed by atoms with Crippen LogP contribution in [0.4, 0.5) is 0 Å². The highest BCUT2D eigenvalue weighted by Gasteiger charge is 2.19. The summed E-state index contributed by atoms with van der Waals surface area (Å²) in [4.78, 5) is 12.5. The van der Waals surface area contributed by atoms with Crippen LogP contribution in [0.1, 0.15) is 34.3 Å². The monoisotopic (exact) mass is 350 g/mol. The summed E-state index contributed by atoms with van der Waals surface area (Å²) in [5, 5.41) is 14.6. The Kier molecular flexibility index (Phi) is 4.90. The molecular weight excluding hydrogens is 332 g/mol. The van der Waals surface area contributed by atoms with Gasteiger partial charge in [0.1, 0.15) is 29.7 Å². The summed E-state index contributed by atoms with van der Waals surface area (Å²) < 4.78 is 16.2. The highest BCUT2D eigenvalue weighted by atomic mass is 16.5. The molecule has 0 radical (unpaired) electrons. The predicted octanol–water partition coefficient (Wildman–Crippen LogP) is 4.09. The molecule has 0 saturated carbocycles. The third kappa shape index (κ3) is 3.52. The molecule has 0 aliphatic rings. The van der Waals surface area contributed by atoms with Crippen molar-refractivity contribution in [2.75, 3.05) is 0 Å². The number of aryl methyl sites for hydroxylation is 2. The summed E-state index contributed by atoms with van der Waals surface area (Å²) in [5.41, 5.74) is 1.85. The van der Waals surface area contributed by atoms with Gasteiger partial charge in [0, 0.05) is 0 Å². The van der Waals surface area contributed by atoms with Gasteiger partial charge < -0.3 is 14.0 Å². The third-order valence-electron chi connectivity index (χ3n) is 4.09. The van der Waals surface area contributed by atoms with Crippen LogP contribution in [0.25, 0.3) is 10.8 Å². The molecule has 0 fully saturated rings. The topological polar surface area (TPSA) is 85.3 Å². The SMILES string of the molecule is Cc1noc(C)c1COc1cc2ccccc2cc1C(=O)O[C@@H](C)C#N. The van der Waals surface area contributed by atoms with E-state index in [9.17, 15) is 4.79 Å². The van der Waals surface area contributed by atoms with Gasteiger partial charge in [0.25, 0.3) is 0 Å². The van der Waals surface area contributed by atoms with Gasteiger partial charge in [-0.2, -0.15) is 5.26 Å². The molecule has 1 aromatic heterocycles. The first-order valence-corrected chi connectivity index (χ1v) is 8.17. The van der Waals surface area contributed by atoms with E-state index < -0.39 is 12.1 Å². The van der Waals surface area contributed by atoms with E-state index in [-0.39, 0.29) is 12.2 Å². The van der Waals surface area contributed by atoms with Crippen molar-refractivity contribution in [2.45, 2.75) is 33.5 Å². The maximum Gasteiger partial charge on any atom is 0.343 e. The average Bonchev–Trinajstić information content (AvgIpc) is 2.96. The number of rotatable bonds is 5. The summed E-state index contributed by atoms with van der Waals surface area (Å²) >= 11 is 0. The molecule has 0 spiro atoms. The van der Waals surface area contributed by atoms with E-state index >= 15 is 0 Å². The minimum absolute atomic E-state index is 0.216. The third-order valence-corrected chi connectivity index (χ3v) is 4.09. The Morgan fingerprint density at radius 1 is 1.27 bits per heavy atom. The van der Waals surface area contributed by atoms with Crippen molar-refractivity contribution in [3.63, 3.8) is 0 Å². The normalized spacial score (nSPS) is 11.8. The Balaban J connectivity index is 1.97. The lowest BCUT2D eigenvalue weighted by Gasteiger charge is -2.13. The first-order valence-electron chi connectivity index (χ1n) is 8.17. The van der Waals surface area contributed by atoms with Gasteiger partial charge in [-0.05, 0) is 43.7 Å². The molecule has 0 bridgehead atoms. The molecule has 0 aliphatic carbocycles. The molecule has 0 saturated heterocycles. The summed E-state index contributed by atoms with van der Waals surface area (Å²) in [6.45, 7) is 5.37. The molecular formula is C20H18N2O4. The van der Waals surface area contributed by atoms with Crippen molar-refractivity contribution < 1.29 is 18.8 Å². The predicted molar refractivity (Wildman–Crippen MR) is 94.7 cm³/mol. The van der Waals surface area contributed by atoms with Crippen LogP contribution in [0.3, 0.4) is 0 Å². The number of aromatic nitrogens is 1. The summed E-state index contributed by atoms with van der Waals surface area (Å²) in [5.74, 6) is 0.461. The van der Waals surface area contributed by atoms with Gasteiger partial charge >= 0.3 is 5.97 Å². The van der Waals surface area contributed by atoms with Crippen LogP contribution in [-0.4, -0.2) is 17.2 Å². The molecule has 132 valence electrons. The van der Waals surface area contributed by atoms with E-state index in [1.54, 1.807) is 12.1 Å². The Bertz CT molecular complexity index is 981. The van der Waals surface area contributed by atoms with Crippen LogP contribution in [-0.2, 0) is 11.3 Å². The zero-order valence-corrected chi connectivity index (χ0v) is 14.8. The standard InChI is InChI=1S/C20H18N2O4/c1-12(10-21)25-20(23)17-8-15-6-4-5-7-16(15)9-19(17)24-11-18-13(2)22-26-14(18)3/h4-9,12H,11H2,1-3H3/t12-/m0/s1. The quantitative estimate of drug-likeness (QED) is 0.644. The van der Waals surface area contributed by atoms with Crippen LogP contribution in [0.2, 0.25) is 0 Å². The summed E-state index contributed by atoms with van der Waals surface area (Å²) in [6, 6.07) is 13.0. The first-order chi connectivity index (χ1) is 12.5. The lowest BCUT2D eigenvalue weighted by Crippen LogP contribution is -2.14. The molecule has 6 heteroatoms. The molecule has 26 heavy (non-hydrogen) atoms. The fourth-order valence-corrected chi connectivity index (χ4v) is 2.61. The molecule has 1 heterocycles. The molecule has 6 nitrogen and oxygen atoms in total. The number of nitriles is 1. The highest BCUT2D eigenvalue weighted by molar-refractivity contribution is 5.98. The second-order valence-electron chi connectivity index (χ2n) is 5.96. The summed E-state index contributed by atoms with van der Waals surface area (Å²) in [6.07, 6.45) is -0.843. The number of carbonyl (C=O) groups excluding carboxylic acids is 1. The van der Waals surface area contributed by atoms with Crippen molar-refractivity contribution in [1.29, 1.82) is 5.26 Å². The van der Waals surface area contributed by atoms with Crippen LogP contribution >= 0.6 is 0 Å². The largest absolute Gasteiger partial charge is 0.488 e. The van der Waals surface area contributed by atoms with E-state index in [0.717, 1.165) is 22.0 Å². The molecule has 3 aromatic rings. The number of fused-ring (bicyclic) bond motifs is 1. The summed E-state index contributed by atoms with van der Waals surface area (Å²) in [7, 11) is 0. The second-order valence-corrected chi connectivity index (χ2v) is 5.96. The zero-order valence-electron chi connectivity index (χ0n) is 14.8. The zero-order chi connectivity index (χ0) is 18.7. The number of esters is 1. The van der Waals surface area contributed by atoms with E-state index in [1.807, 2.05) is 44.2 Å². The van der Waals surface area contributed by atoms with Crippen molar-refractivity contribution in [1.82, 2.24) is 5.16 Å². The Morgan fingerprint density at radius 2 is 1.96 bits per heavy atom. The molecule has 0 unspecified atom stereocenters. The number of hydrogen-bond acceptors (Lipinski definition) is 6. The minimum Gasteiger partial charge on any atom is -0.488 e. The number of nitrogens with zero attached hydrogens (tertiary/aromatic N) is 2. The average molecular weight is 350 g/mol. The van der Waals surface area contributed by atoms with Gasteiger partial charge in [-0.15, -0.1) is 0 Å². The van der Waals surface area contributed by atoms with Gasteiger partial charge in [0.2, 0.25) is 0 Å². The van der Waals surface area contributed by atoms with Crippen molar-refractivity contribution in [2.24, 2.45) is 0 Å².